The van der Waals surface area contributed by atoms with Gasteiger partial charge in [-0.1, -0.05) is 38.9 Å². The molecule has 0 aromatic rings. The molecule has 8 nitrogen and oxygen atoms in total. The average molecular weight is 364 g/mol. The van der Waals surface area contributed by atoms with Gasteiger partial charge in [0.15, 0.2) is 0 Å². The smallest absolute Gasteiger partial charge is 0.349 e. The van der Waals surface area contributed by atoms with Crippen LogP contribution in [-0.4, -0.2) is 18.4 Å². The summed E-state index contributed by atoms with van der Waals surface area (Å²) in [5, 5.41) is 30.0. The van der Waals surface area contributed by atoms with Gasteiger partial charge in [0, 0.05) is 16.4 Å². The summed E-state index contributed by atoms with van der Waals surface area (Å²) in [5.74, 6) is 1.39. The third-order valence-electron chi connectivity index (χ3n) is 2.77. The quantitative estimate of drug-likeness (QED) is 0.277. The molecule has 1 aliphatic heterocycles. The van der Waals surface area contributed by atoms with Crippen molar-refractivity contribution in [3.63, 3.8) is 0 Å². The van der Waals surface area contributed by atoms with Gasteiger partial charge in [-0.05, 0) is 29.7 Å². The van der Waals surface area contributed by atoms with Gasteiger partial charge < -0.3 is 15.3 Å². The molecule has 0 N–H and O–H groups in total. The molecule has 0 spiro atoms. The lowest BCUT2D eigenvalue weighted by Crippen LogP contribution is -2.10. The molecular formula is C18H28N4O4. The zero-order chi connectivity index (χ0) is 20.2. The number of allylic oxidation sites excluding steroid dienone is 1. The SMILES string of the molecule is C=CCC(C)C.CC(C)CC1CC(CC#[N+][O-])=NO1.[C-]#[N+]OCC#[N+][O-]. The molecule has 0 aliphatic carbocycles. The topological polar surface area (TPSA) is 90.0 Å². The summed E-state index contributed by atoms with van der Waals surface area (Å²) in [4.78, 5) is 9.14. The first kappa shape index (κ1) is 25.3. The Morgan fingerprint density at radius 3 is 2.38 bits per heavy atom. The number of hydrogen-bond acceptors (Lipinski definition) is 5. The van der Waals surface area contributed by atoms with E-state index in [0.29, 0.717) is 12.3 Å². The maximum Gasteiger partial charge on any atom is 0.349 e. The van der Waals surface area contributed by atoms with Crippen LogP contribution in [-0.2, 0) is 9.68 Å². The van der Waals surface area contributed by atoms with Gasteiger partial charge in [-0.2, -0.15) is 11.4 Å². The fourth-order valence-electron chi connectivity index (χ4n) is 1.79. The summed E-state index contributed by atoms with van der Waals surface area (Å²) in [7, 11) is 0. The molecule has 0 aromatic heterocycles. The summed E-state index contributed by atoms with van der Waals surface area (Å²) in [6.45, 7) is 18.1. The van der Waals surface area contributed by atoms with Crippen LogP contribution < -0.4 is 0 Å². The van der Waals surface area contributed by atoms with E-state index in [-0.39, 0.29) is 12.7 Å². The molecule has 0 fully saturated rings. The second-order valence-corrected chi connectivity index (χ2v) is 6.18. The van der Waals surface area contributed by atoms with Crippen molar-refractivity contribution < 1.29 is 9.68 Å². The summed E-state index contributed by atoms with van der Waals surface area (Å²) in [6.07, 6.45) is 5.48. The first-order valence-corrected chi connectivity index (χ1v) is 8.32. The van der Waals surface area contributed by atoms with Crippen LogP contribution in [0.2, 0.25) is 0 Å². The summed E-state index contributed by atoms with van der Waals surface area (Å²) in [6, 6.07) is 4.21. The second-order valence-electron chi connectivity index (χ2n) is 6.18. The predicted molar refractivity (Wildman–Crippen MR) is 104 cm³/mol. The molecule has 26 heavy (non-hydrogen) atoms. The van der Waals surface area contributed by atoms with E-state index < -0.39 is 0 Å². The van der Waals surface area contributed by atoms with Crippen molar-refractivity contribution in [1.82, 2.24) is 0 Å². The summed E-state index contributed by atoms with van der Waals surface area (Å²) >= 11 is 0. The van der Waals surface area contributed by atoms with Crippen molar-refractivity contribution in [2.24, 2.45) is 17.0 Å². The molecule has 0 bridgehead atoms. The van der Waals surface area contributed by atoms with Crippen molar-refractivity contribution in [3.05, 3.63) is 44.7 Å². The third-order valence-corrected chi connectivity index (χ3v) is 2.77. The maximum absolute atomic E-state index is 9.76. The Labute approximate surface area is 156 Å². The molecule has 0 radical (unpaired) electrons. The Morgan fingerprint density at radius 2 is 1.96 bits per heavy atom. The summed E-state index contributed by atoms with van der Waals surface area (Å²) < 4.78 is 0. The summed E-state index contributed by atoms with van der Waals surface area (Å²) in [5.41, 5.74) is 0.866. The van der Waals surface area contributed by atoms with Crippen LogP contribution in [0.1, 0.15) is 53.4 Å². The highest BCUT2D eigenvalue weighted by molar-refractivity contribution is 5.87. The molecular weight excluding hydrogens is 336 g/mol. The van der Waals surface area contributed by atoms with E-state index >= 15 is 0 Å². The molecule has 1 aliphatic rings. The standard InChI is InChI=1S/C9H14N2O2.C6H12.C3H2N2O2/c1-7(2)5-9-6-8(11-13-9)3-4-10-12;1-4-5-6(2)3;1-4-7-3-2-5-6/h7,9H,3,5-6H2,1-2H3;4,6H,1,5H2,2-3H3;3H2. The number of hydrogen-bond donors (Lipinski definition) is 0. The van der Waals surface area contributed by atoms with E-state index in [0.717, 1.165) is 30.9 Å². The minimum atomic E-state index is -0.146. The van der Waals surface area contributed by atoms with Crippen LogP contribution in [0.3, 0.4) is 0 Å². The molecule has 1 rings (SSSR count). The molecule has 8 heteroatoms. The first-order chi connectivity index (χ1) is 12.4. The Balaban J connectivity index is 0. The Bertz CT molecular complexity index is 560. The maximum atomic E-state index is 9.76. The van der Waals surface area contributed by atoms with Crippen molar-refractivity contribution in [2.45, 2.75) is 59.5 Å². The number of nitrogens with zero attached hydrogens (tertiary/aromatic N) is 4. The normalized spacial score (nSPS) is 13.7. The Hall–Kier alpha value is -2.92. The van der Waals surface area contributed by atoms with Crippen LogP contribution in [0.4, 0.5) is 0 Å². The molecule has 1 heterocycles. The van der Waals surface area contributed by atoms with Gasteiger partial charge in [0.2, 0.25) is 0 Å². The van der Waals surface area contributed by atoms with E-state index in [1.54, 1.807) is 0 Å². The van der Waals surface area contributed by atoms with Crippen LogP contribution >= 0.6 is 0 Å². The van der Waals surface area contributed by atoms with E-state index in [1.165, 1.54) is 0 Å². The average Bonchev–Trinajstić information content (AvgIpc) is 3.01. The highest BCUT2D eigenvalue weighted by Crippen LogP contribution is 2.19. The Morgan fingerprint density at radius 1 is 1.31 bits per heavy atom. The third kappa shape index (κ3) is 19.1. The van der Waals surface area contributed by atoms with Crippen molar-refractivity contribution in [1.29, 1.82) is 0 Å². The van der Waals surface area contributed by atoms with Crippen molar-refractivity contribution in [2.75, 3.05) is 6.61 Å². The molecule has 0 aromatic carbocycles. The van der Waals surface area contributed by atoms with E-state index in [2.05, 4.69) is 65.4 Å². The lowest BCUT2D eigenvalue weighted by atomic mass is 10.0. The van der Waals surface area contributed by atoms with Crippen molar-refractivity contribution in [3.8, 4) is 12.1 Å². The van der Waals surface area contributed by atoms with Crippen LogP contribution in [0.15, 0.2) is 17.8 Å². The molecule has 1 unspecified atom stereocenters. The van der Waals surface area contributed by atoms with Gasteiger partial charge in [0.1, 0.15) is 12.5 Å². The minimum absolute atomic E-state index is 0.146. The van der Waals surface area contributed by atoms with Gasteiger partial charge in [0.05, 0.1) is 5.71 Å². The fraction of sp³-hybridized carbons (Fsp3) is 0.667. The molecule has 144 valence electrons. The molecule has 0 amide bonds. The highest BCUT2D eigenvalue weighted by atomic mass is 16.6. The first-order valence-electron chi connectivity index (χ1n) is 8.32. The minimum Gasteiger partial charge on any atom is -0.498 e. The van der Waals surface area contributed by atoms with Crippen LogP contribution in [0, 0.1) is 41.0 Å². The van der Waals surface area contributed by atoms with Gasteiger partial charge >= 0.3 is 18.7 Å². The Kier molecular flexibility index (Phi) is 17.9. The van der Waals surface area contributed by atoms with Gasteiger partial charge in [-0.25, -0.2) is 0 Å². The van der Waals surface area contributed by atoms with Gasteiger partial charge in [-0.15, -0.1) is 6.58 Å². The van der Waals surface area contributed by atoms with E-state index in [1.807, 2.05) is 12.1 Å². The fourth-order valence-corrected chi connectivity index (χ4v) is 1.79. The van der Waals surface area contributed by atoms with E-state index in [9.17, 15) is 5.21 Å². The largest absolute Gasteiger partial charge is 0.498 e. The second kappa shape index (κ2) is 18.4. The molecule has 0 saturated carbocycles. The van der Waals surface area contributed by atoms with E-state index in [4.69, 9.17) is 16.6 Å². The monoisotopic (exact) mass is 364 g/mol. The number of rotatable bonds is 6. The van der Waals surface area contributed by atoms with Crippen LogP contribution in [0.25, 0.3) is 15.0 Å². The predicted octanol–water partition coefficient (Wildman–Crippen LogP) is 5.28. The molecule has 1 atom stereocenters. The highest BCUT2D eigenvalue weighted by Gasteiger charge is 2.22. The zero-order valence-corrected chi connectivity index (χ0v) is 16.0. The van der Waals surface area contributed by atoms with Crippen LogP contribution in [0.5, 0.6) is 0 Å². The lowest BCUT2D eigenvalue weighted by molar-refractivity contribution is 0.0698. The molecule has 0 saturated heterocycles. The lowest BCUT2D eigenvalue weighted by Gasteiger charge is -2.09. The van der Waals surface area contributed by atoms with Gasteiger partial charge in [-0.3, -0.25) is 0 Å². The zero-order valence-electron chi connectivity index (χ0n) is 16.0. The van der Waals surface area contributed by atoms with Gasteiger partial charge in [0.25, 0.3) is 0 Å². The number of oxime groups is 1. The van der Waals surface area contributed by atoms with Crippen molar-refractivity contribution >= 4 is 5.71 Å².